The van der Waals surface area contributed by atoms with Crippen molar-refractivity contribution in [2.75, 3.05) is 14.2 Å². The number of aryl methyl sites for hydroxylation is 1. The number of nitrogens with zero attached hydrogens (tertiary/aromatic N) is 1. The number of ether oxygens (including phenoxy) is 1. The second-order valence-electron chi connectivity index (χ2n) is 4.73. The average Bonchev–Trinajstić information content (AvgIpc) is 2.83. The van der Waals surface area contributed by atoms with Gasteiger partial charge in [-0.3, -0.25) is 0 Å². The molecule has 1 aromatic carbocycles. The molecule has 0 saturated carbocycles. The van der Waals surface area contributed by atoms with Crippen molar-refractivity contribution in [3.05, 3.63) is 44.9 Å². The number of rotatable bonds is 6. The topological polar surface area (TPSA) is 34.2 Å². The molecular formula is C15H19ClN2OS. The van der Waals surface area contributed by atoms with Gasteiger partial charge >= 0.3 is 0 Å². The van der Waals surface area contributed by atoms with Crippen LogP contribution in [0.5, 0.6) is 5.75 Å². The maximum Gasteiger partial charge on any atom is 0.122 e. The Morgan fingerprint density at radius 3 is 2.80 bits per heavy atom. The van der Waals surface area contributed by atoms with Crippen LogP contribution in [0.25, 0.3) is 0 Å². The molecule has 0 radical (unpaired) electrons. The Labute approximate surface area is 129 Å². The van der Waals surface area contributed by atoms with Gasteiger partial charge in [-0.05, 0) is 44.2 Å². The fourth-order valence-corrected chi connectivity index (χ4v) is 3.20. The molecule has 20 heavy (non-hydrogen) atoms. The smallest absolute Gasteiger partial charge is 0.122 e. The average molecular weight is 311 g/mol. The third-order valence-corrected chi connectivity index (χ3v) is 4.43. The zero-order chi connectivity index (χ0) is 14.5. The van der Waals surface area contributed by atoms with Crippen LogP contribution in [-0.4, -0.2) is 25.2 Å². The molecule has 0 aliphatic heterocycles. The van der Waals surface area contributed by atoms with Crippen LogP contribution in [0.4, 0.5) is 0 Å². The summed E-state index contributed by atoms with van der Waals surface area (Å²) in [5.74, 6) is 0.880. The van der Waals surface area contributed by atoms with E-state index in [0.29, 0.717) is 6.04 Å². The summed E-state index contributed by atoms with van der Waals surface area (Å²) in [6, 6.07) is 6.05. The van der Waals surface area contributed by atoms with Gasteiger partial charge in [0.15, 0.2) is 0 Å². The van der Waals surface area contributed by atoms with Crippen LogP contribution in [0.2, 0.25) is 5.02 Å². The molecule has 1 atom stereocenters. The van der Waals surface area contributed by atoms with Crippen LogP contribution in [0.15, 0.2) is 23.6 Å². The molecule has 0 fully saturated rings. The molecule has 0 bridgehead atoms. The minimum Gasteiger partial charge on any atom is -0.496 e. The van der Waals surface area contributed by atoms with Crippen LogP contribution in [0, 0.1) is 6.92 Å². The van der Waals surface area contributed by atoms with Gasteiger partial charge in [0.2, 0.25) is 0 Å². The standard InChI is InChI=1S/C15H19ClN2OS/c1-10-9-20-15(18-10)8-13(17-2)7-11-6-12(16)4-5-14(11)19-3/h4-6,9,13,17H,7-8H2,1-3H3. The van der Waals surface area contributed by atoms with E-state index in [0.717, 1.165) is 39.9 Å². The van der Waals surface area contributed by atoms with Crippen molar-refractivity contribution in [1.82, 2.24) is 10.3 Å². The highest BCUT2D eigenvalue weighted by molar-refractivity contribution is 7.09. The lowest BCUT2D eigenvalue weighted by molar-refractivity contribution is 0.406. The van der Waals surface area contributed by atoms with E-state index in [-0.39, 0.29) is 0 Å². The normalized spacial score (nSPS) is 12.4. The van der Waals surface area contributed by atoms with Gasteiger partial charge in [-0.2, -0.15) is 0 Å². The van der Waals surface area contributed by atoms with Crippen molar-refractivity contribution in [3.63, 3.8) is 0 Å². The lowest BCUT2D eigenvalue weighted by Gasteiger charge is -2.17. The third kappa shape index (κ3) is 3.95. The van der Waals surface area contributed by atoms with E-state index < -0.39 is 0 Å². The van der Waals surface area contributed by atoms with Gasteiger partial charge in [0, 0.05) is 28.6 Å². The summed E-state index contributed by atoms with van der Waals surface area (Å²) >= 11 is 7.79. The summed E-state index contributed by atoms with van der Waals surface area (Å²) in [5.41, 5.74) is 2.20. The Morgan fingerprint density at radius 1 is 1.40 bits per heavy atom. The molecule has 0 aliphatic carbocycles. The van der Waals surface area contributed by atoms with Crippen molar-refractivity contribution >= 4 is 22.9 Å². The van der Waals surface area contributed by atoms with Gasteiger partial charge in [0.25, 0.3) is 0 Å². The summed E-state index contributed by atoms with van der Waals surface area (Å²) in [6.45, 7) is 2.02. The number of thiazole rings is 1. The van der Waals surface area contributed by atoms with E-state index in [1.807, 2.05) is 32.2 Å². The minimum absolute atomic E-state index is 0.313. The molecule has 108 valence electrons. The summed E-state index contributed by atoms with van der Waals surface area (Å²) in [7, 11) is 3.66. The van der Waals surface area contributed by atoms with Gasteiger partial charge in [0.05, 0.1) is 12.1 Å². The molecule has 1 unspecified atom stereocenters. The minimum atomic E-state index is 0.313. The number of likely N-dealkylation sites (N-methyl/N-ethyl adjacent to an activating group) is 1. The zero-order valence-electron chi connectivity index (χ0n) is 11.9. The molecule has 2 rings (SSSR count). The van der Waals surface area contributed by atoms with E-state index in [4.69, 9.17) is 16.3 Å². The lowest BCUT2D eigenvalue weighted by Crippen LogP contribution is -2.30. The van der Waals surface area contributed by atoms with Crippen LogP contribution in [0.3, 0.4) is 0 Å². The summed E-state index contributed by atoms with van der Waals surface area (Å²) in [5, 5.41) is 7.32. The van der Waals surface area contributed by atoms with Crippen LogP contribution >= 0.6 is 22.9 Å². The second-order valence-corrected chi connectivity index (χ2v) is 6.11. The van der Waals surface area contributed by atoms with Gasteiger partial charge in [-0.1, -0.05) is 11.6 Å². The number of hydrogen-bond donors (Lipinski definition) is 1. The predicted octanol–water partition coefficient (Wildman–Crippen LogP) is 3.49. The number of nitrogens with one attached hydrogen (secondary N) is 1. The summed E-state index contributed by atoms with van der Waals surface area (Å²) < 4.78 is 5.40. The van der Waals surface area contributed by atoms with Crippen molar-refractivity contribution in [2.24, 2.45) is 0 Å². The molecule has 1 N–H and O–H groups in total. The quantitative estimate of drug-likeness (QED) is 0.887. The molecule has 0 amide bonds. The SMILES string of the molecule is CNC(Cc1nc(C)cs1)Cc1cc(Cl)ccc1OC. The van der Waals surface area contributed by atoms with Crippen LogP contribution in [-0.2, 0) is 12.8 Å². The molecule has 2 aromatic rings. The second kappa shape index (κ2) is 7.07. The Balaban J connectivity index is 2.11. The van der Waals surface area contributed by atoms with Gasteiger partial charge in [-0.15, -0.1) is 11.3 Å². The van der Waals surface area contributed by atoms with Crippen molar-refractivity contribution in [2.45, 2.75) is 25.8 Å². The Hall–Kier alpha value is -1.10. The highest BCUT2D eigenvalue weighted by atomic mass is 35.5. The maximum atomic E-state index is 6.08. The van der Waals surface area contributed by atoms with Crippen molar-refractivity contribution in [3.8, 4) is 5.75 Å². The number of hydrogen-bond acceptors (Lipinski definition) is 4. The molecule has 0 spiro atoms. The number of methoxy groups -OCH3 is 1. The number of aromatic nitrogens is 1. The van der Waals surface area contributed by atoms with E-state index in [1.54, 1.807) is 18.4 Å². The lowest BCUT2D eigenvalue weighted by atomic mass is 10.0. The summed E-state index contributed by atoms with van der Waals surface area (Å²) in [6.07, 6.45) is 1.77. The first-order chi connectivity index (χ1) is 9.62. The van der Waals surface area contributed by atoms with Crippen LogP contribution < -0.4 is 10.1 Å². The predicted molar refractivity (Wildman–Crippen MR) is 85.1 cm³/mol. The maximum absolute atomic E-state index is 6.08. The fraction of sp³-hybridized carbons (Fsp3) is 0.400. The van der Waals surface area contributed by atoms with Gasteiger partial charge in [-0.25, -0.2) is 4.98 Å². The summed E-state index contributed by atoms with van der Waals surface area (Å²) in [4.78, 5) is 4.52. The first kappa shape index (κ1) is 15.3. The fourth-order valence-electron chi connectivity index (χ4n) is 2.16. The van der Waals surface area contributed by atoms with Crippen molar-refractivity contribution < 1.29 is 4.74 Å². The Bertz CT molecular complexity index is 571. The molecular weight excluding hydrogens is 292 g/mol. The zero-order valence-corrected chi connectivity index (χ0v) is 13.5. The molecule has 3 nitrogen and oxygen atoms in total. The monoisotopic (exact) mass is 310 g/mol. The molecule has 5 heteroatoms. The highest BCUT2D eigenvalue weighted by Gasteiger charge is 2.14. The Kier molecular flexibility index (Phi) is 5.40. The van der Waals surface area contributed by atoms with E-state index in [2.05, 4.69) is 15.7 Å². The number of halogens is 1. The van der Waals surface area contributed by atoms with Gasteiger partial charge < -0.3 is 10.1 Å². The van der Waals surface area contributed by atoms with Crippen molar-refractivity contribution in [1.29, 1.82) is 0 Å². The van der Waals surface area contributed by atoms with Crippen LogP contribution in [0.1, 0.15) is 16.3 Å². The molecule has 0 saturated heterocycles. The molecule has 1 heterocycles. The first-order valence-electron chi connectivity index (χ1n) is 6.53. The van der Waals surface area contributed by atoms with Gasteiger partial charge in [0.1, 0.15) is 5.75 Å². The Morgan fingerprint density at radius 2 is 2.20 bits per heavy atom. The molecule has 1 aromatic heterocycles. The van der Waals surface area contributed by atoms with E-state index >= 15 is 0 Å². The highest BCUT2D eigenvalue weighted by Crippen LogP contribution is 2.24. The van der Waals surface area contributed by atoms with E-state index in [1.165, 1.54) is 0 Å². The third-order valence-electron chi connectivity index (χ3n) is 3.20. The largest absolute Gasteiger partial charge is 0.496 e. The first-order valence-corrected chi connectivity index (χ1v) is 7.78. The van der Waals surface area contributed by atoms with E-state index in [9.17, 15) is 0 Å². The molecule has 0 aliphatic rings. The number of benzene rings is 1.